The molecular formula is C18H11F9O3P-. The topological polar surface area (TPSA) is 41.5 Å². The van der Waals surface area contributed by atoms with Gasteiger partial charge in [0, 0.05) is 0 Å². The van der Waals surface area contributed by atoms with Crippen molar-refractivity contribution >= 4 is 17.9 Å². The van der Waals surface area contributed by atoms with Gasteiger partial charge < -0.3 is 0 Å². The Labute approximate surface area is 168 Å². The van der Waals surface area contributed by atoms with E-state index >= 15 is 0 Å². The molecule has 1 atom stereocenters. The maximum absolute atomic E-state index is 14.3. The summed E-state index contributed by atoms with van der Waals surface area (Å²) in [5, 5.41) is -2.25. The van der Waals surface area contributed by atoms with E-state index < -0.39 is 58.8 Å². The molecule has 1 spiro atoms. The predicted octanol–water partition coefficient (Wildman–Crippen LogP) is 4.45. The van der Waals surface area contributed by atoms with E-state index in [0.717, 1.165) is 36.4 Å². The molecule has 0 radical (unpaired) electrons. The first kappa shape index (κ1) is 22.3. The summed E-state index contributed by atoms with van der Waals surface area (Å²) >= 11 is 0. The van der Waals surface area contributed by atoms with Crippen LogP contribution in [0.4, 0.5) is 39.5 Å². The Bertz CT molecular complexity index is 1070. The Morgan fingerprint density at radius 2 is 1.10 bits per heavy atom. The van der Waals surface area contributed by atoms with Crippen LogP contribution in [0.2, 0.25) is 0 Å². The van der Waals surface area contributed by atoms with Crippen molar-refractivity contribution in [1.82, 2.24) is 0 Å². The summed E-state index contributed by atoms with van der Waals surface area (Å²) in [7, 11) is -6.84. The normalized spacial score (nSPS) is 27.4. The zero-order valence-electron chi connectivity index (χ0n) is 15.2. The number of alkyl halides is 9. The molecule has 13 heteroatoms. The second-order valence-corrected chi connectivity index (χ2v) is 10.4. The van der Waals surface area contributed by atoms with E-state index in [1.807, 2.05) is 0 Å². The van der Waals surface area contributed by atoms with Crippen molar-refractivity contribution in [2.24, 2.45) is 0 Å². The van der Waals surface area contributed by atoms with E-state index in [4.69, 9.17) is 4.52 Å². The van der Waals surface area contributed by atoms with Crippen molar-refractivity contribution in [2.75, 3.05) is 0 Å². The van der Waals surface area contributed by atoms with Gasteiger partial charge in [-0.15, -0.1) is 0 Å². The summed E-state index contributed by atoms with van der Waals surface area (Å²) in [5.41, 5.74) is -11.2. The van der Waals surface area contributed by atoms with Crippen LogP contribution < -0.4 is 15.5 Å². The van der Waals surface area contributed by atoms with E-state index in [1.165, 1.54) is 0 Å². The summed E-state index contributed by atoms with van der Waals surface area (Å²) in [5.74, 6) is 0. The number of rotatable bonds is 0. The van der Waals surface area contributed by atoms with Gasteiger partial charge in [0.25, 0.3) is 0 Å². The van der Waals surface area contributed by atoms with Crippen LogP contribution in [0.25, 0.3) is 0 Å². The number of hydrogen-bond acceptors (Lipinski definition) is 3. The van der Waals surface area contributed by atoms with Gasteiger partial charge in [0.05, 0.1) is 0 Å². The van der Waals surface area contributed by atoms with Crippen LogP contribution >= 0.6 is 7.28 Å². The first-order chi connectivity index (χ1) is 13.9. The molecule has 2 aromatic carbocycles. The Hall–Kier alpha value is -1.88. The molecule has 0 bridgehead atoms. The van der Waals surface area contributed by atoms with Gasteiger partial charge in [0.1, 0.15) is 0 Å². The van der Waals surface area contributed by atoms with Gasteiger partial charge in [-0.1, -0.05) is 0 Å². The minimum absolute atomic E-state index is 0.366. The average Bonchev–Trinajstić information content (AvgIpc) is 3.01. The van der Waals surface area contributed by atoms with Crippen LogP contribution in [-0.4, -0.2) is 18.5 Å². The van der Waals surface area contributed by atoms with Crippen LogP contribution in [0.3, 0.4) is 0 Å². The van der Waals surface area contributed by atoms with Crippen molar-refractivity contribution in [3.05, 3.63) is 59.7 Å². The molecule has 2 aromatic rings. The van der Waals surface area contributed by atoms with Crippen molar-refractivity contribution in [3.8, 4) is 0 Å². The molecule has 170 valence electrons. The summed E-state index contributed by atoms with van der Waals surface area (Å²) in [4.78, 5) is 14.3. The fourth-order valence-corrected chi connectivity index (χ4v) is 8.51. The fourth-order valence-electron chi connectivity index (χ4n) is 4.12. The van der Waals surface area contributed by atoms with Gasteiger partial charge >= 0.3 is 168 Å². The summed E-state index contributed by atoms with van der Waals surface area (Å²) in [6, 6.07) is 6.27. The molecular weight excluding hydrogens is 466 g/mol. The van der Waals surface area contributed by atoms with Crippen LogP contribution in [0.5, 0.6) is 0 Å². The summed E-state index contributed by atoms with van der Waals surface area (Å²) in [6.07, 6.45) is -17.8. The molecule has 31 heavy (non-hydrogen) atoms. The van der Waals surface area contributed by atoms with Gasteiger partial charge in [-0.05, 0) is 0 Å². The van der Waals surface area contributed by atoms with Crippen LogP contribution in [0.15, 0.2) is 48.5 Å². The van der Waals surface area contributed by atoms with Crippen molar-refractivity contribution in [1.29, 1.82) is 0 Å². The molecule has 0 fully saturated rings. The molecule has 4 rings (SSSR count). The number of fused-ring (bicyclic) bond motifs is 4. The molecule has 2 aliphatic heterocycles. The fraction of sp³-hybridized carbons (Fsp3) is 0.333. The van der Waals surface area contributed by atoms with E-state index in [2.05, 4.69) is 4.52 Å². The minimum atomic E-state index is -6.84. The molecule has 0 amide bonds. The van der Waals surface area contributed by atoms with Crippen molar-refractivity contribution in [2.45, 2.75) is 36.7 Å². The van der Waals surface area contributed by atoms with E-state index in [9.17, 15) is 44.4 Å². The second-order valence-electron chi connectivity index (χ2n) is 7.31. The Balaban J connectivity index is 2.17. The number of halogens is 9. The zero-order chi connectivity index (χ0) is 23.3. The molecule has 0 N–H and O–H groups in total. The van der Waals surface area contributed by atoms with E-state index in [-0.39, 0.29) is 0 Å². The third-order valence-electron chi connectivity index (χ3n) is 5.52. The molecule has 0 saturated carbocycles. The van der Waals surface area contributed by atoms with Crippen LogP contribution in [0.1, 0.15) is 18.1 Å². The summed E-state index contributed by atoms with van der Waals surface area (Å²) in [6.45, 7) is 0.373. The van der Waals surface area contributed by atoms with Crippen LogP contribution in [-0.2, 0) is 20.2 Å². The molecule has 2 aliphatic rings. The zero-order valence-corrected chi connectivity index (χ0v) is 16.1. The van der Waals surface area contributed by atoms with E-state index in [0.29, 0.717) is 19.1 Å². The third-order valence-corrected chi connectivity index (χ3v) is 9.27. The van der Waals surface area contributed by atoms with E-state index in [1.54, 1.807) is 0 Å². The second kappa shape index (κ2) is 5.72. The SMILES string of the molecule is C[C@]1(C(F)(F)F)OP2([O-])(OC(C(F)(F)F)(C(F)(F)F)c3ccccc32)c2ccccc21. The number of benzene rings is 2. The maximum atomic E-state index is 14.3. The Morgan fingerprint density at radius 3 is 1.55 bits per heavy atom. The quantitative estimate of drug-likeness (QED) is 0.416. The summed E-state index contributed by atoms with van der Waals surface area (Å²) < 4.78 is 135. The van der Waals surface area contributed by atoms with Crippen molar-refractivity contribution < 1.29 is 53.5 Å². The molecule has 0 aliphatic carbocycles. The standard InChI is InChI=1S/C18H11F9O3P/c1-14(16(19,20)21)10-6-2-4-8-12(10)31(28,29-14)13-9-5-3-7-11(13)15(30-31,17(22,23)24)18(25,26)27/h2-9H,1H3/q-1/t14-/m0/s1. The predicted molar refractivity (Wildman–Crippen MR) is 88.4 cm³/mol. The van der Waals surface area contributed by atoms with Crippen LogP contribution in [0, 0.1) is 0 Å². The van der Waals surface area contributed by atoms with Gasteiger partial charge in [0.2, 0.25) is 0 Å². The Kier molecular flexibility index (Phi) is 4.12. The first-order valence-corrected chi connectivity index (χ1v) is 10.5. The molecule has 3 nitrogen and oxygen atoms in total. The monoisotopic (exact) mass is 477 g/mol. The first-order valence-electron chi connectivity index (χ1n) is 8.51. The Morgan fingerprint density at radius 1 is 0.677 bits per heavy atom. The molecule has 0 aromatic heterocycles. The third kappa shape index (κ3) is 2.42. The molecule has 0 saturated heterocycles. The van der Waals surface area contributed by atoms with Gasteiger partial charge in [-0.25, -0.2) is 0 Å². The average molecular weight is 477 g/mol. The van der Waals surface area contributed by atoms with Gasteiger partial charge in [-0.2, -0.15) is 0 Å². The number of hydrogen-bond donors (Lipinski definition) is 0. The van der Waals surface area contributed by atoms with Crippen molar-refractivity contribution in [3.63, 3.8) is 0 Å². The van der Waals surface area contributed by atoms with Gasteiger partial charge in [-0.3, -0.25) is 0 Å². The molecule has 0 unspecified atom stereocenters. The van der Waals surface area contributed by atoms with Gasteiger partial charge in [0.15, 0.2) is 0 Å². The molecule has 2 heterocycles.